The van der Waals surface area contributed by atoms with E-state index in [1.165, 1.54) is 0 Å². The van der Waals surface area contributed by atoms with Gasteiger partial charge in [-0.25, -0.2) is 4.79 Å². The first-order valence-electron chi connectivity index (χ1n) is 4.98. The summed E-state index contributed by atoms with van der Waals surface area (Å²) in [4.78, 5) is 13.8. The SMILES string of the molecule is Nc1[nH]cc(C2CCOCC2)c1C(=O)O. The second-order valence-electron chi connectivity index (χ2n) is 3.72. The highest BCUT2D eigenvalue weighted by atomic mass is 16.5. The Labute approximate surface area is 87.2 Å². The second kappa shape index (κ2) is 3.94. The topological polar surface area (TPSA) is 88.3 Å². The van der Waals surface area contributed by atoms with Crippen LogP contribution in [0.1, 0.15) is 34.7 Å². The van der Waals surface area contributed by atoms with Gasteiger partial charge in [0.1, 0.15) is 11.4 Å². The van der Waals surface area contributed by atoms with Crippen molar-refractivity contribution in [3.63, 3.8) is 0 Å². The van der Waals surface area contributed by atoms with Crippen LogP contribution < -0.4 is 5.73 Å². The normalized spacial score (nSPS) is 17.9. The Hall–Kier alpha value is -1.49. The standard InChI is InChI=1S/C10H14N2O3/c11-9-8(10(13)14)7(5-12-9)6-1-3-15-4-2-6/h5-6,12H,1-4,11H2,(H,13,14). The Balaban J connectivity index is 2.30. The highest BCUT2D eigenvalue weighted by Gasteiger charge is 2.24. The van der Waals surface area contributed by atoms with Crippen molar-refractivity contribution in [1.82, 2.24) is 4.98 Å². The number of rotatable bonds is 2. The Bertz CT molecular complexity index is 367. The van der Waals surface area contributed by atoms with Crippen LogP contribution in [-0.2, 0) is 4.74 Å². The molecule has 0 spiro atoms. The van der Waals surface area contributed by atoms with Crippen molar-refractivity contribution in [2.75, 3.05) is 18.9 Å². The van der Waals surface area contributed by atoms with Crippen LogP contribution in [0, 0.1) is 0 Å². The van der Waals surface area contributed by atoms with Crippen molar-refractivity contribution in [2.24, 2.45) is 0 Å². The van der Waals surface area contributed by atoms with E-state index < -0.39 is 5.97 Å². The zero-order valence-corrected chi connectivity index (χ0v) is 8.32. The van der Waals surface area contributed by atoms with Crippen molar-refractivity contribution in [2.45, 2.75) is 18.8 Å². The third-order valence-electron chi connectivity index (χ3n) is 2.82. The van der Waals surface area contributed by atoms with E-state index in [1.54, 1.807) is 6.20 Å². The molecule has 0 saturated carbocycles. The van der Waals surface area contributed by atoms with E-state index in [-0.39, 0.29) is 17.3 Å². The maximum Gasteiger partial charge on any atom is 0.339 e. The molecule has 5 nitrogen and oxygen atoms in total. The summed E-state index contributed by atoms with van der Waals surface area (Å²) in [5, 5.41) is 9.03. The molecule has 15 heavy (non-hydrogen) atoms. The average Bonchev–Trinajstić information content (AvgIpc) is 2.61. The number of ether oxygens (including phenoxy) is 1. The summed E-state index contributed by atoms with van der Waals surface area (Å²) >= 11 is 0. The smallest absolute Gasteiger partial charge is 0.339 e. The molecule has 1 fully saturated rings. The number of hydrogen-bond donors (Lipinski definition) is 3. The number of H-pyrrole nitrogens is 1. The number of aromatic carboxylic acids is 1. The molecule has 2 heterocycles. The fourth-order valence-corrected chi connectivity index (χ4v) is 2.02. The molecule has 0 aliphatic carbocycles. The van der Waals surface area contributed by atoms with Crippen molar-refractivity contribution in [3.8, 4) is 0 Å². The average molecular weight is 210 g/mol. The molecule has 1 aromatic rings. The number of nitrogens with one attached hydrogen (secondary N) is 1. The molecule has 5 heteroatoms. The van der Waals surface area contributed by atoms with Gasteiger partial charge in [-0.2, -0.15) is 0 Å². The largest absolute Gasteiger partial charge is 0.478 e. The zero-order valence-electron chi connectivity index (χ0n) is 8.32. The van der Waals surface area contributed by atoms with Crippen LogP contribution in [0.15, 0.2) is 6.20 Å². The van der Waals surface area contributed by atoms with Crippen molar-refractivity contribution in [3.05, 3.63) is 17.3 Å². The van der Waals surface area contributed by atoms with E-state index in [0.717, 1.165) is 18.4 Å². The van der Waals surface area contributed by atoms with Crippen LogP contribution >= 0.6 is 0 Å². The van der Waals surface area contributed by atoms with E-state index in [9.17, 15) is 4.79 Å². The lowest BCUT2D eigenvalue weighted by Crippen LogP contribution is -2.16. The minimum Gasteiger partial charge on any atom is -0.478 e. The van der Waals surface area contributed by atoms with Gasteiger partial charge in [0.15, 0.2) is 0 Å². The number of hydrogen-bond acceptors (Lipinski definition) is 3. The zero-order chi connectivity index (χ0) is 10.8. The number of anilines is 1. The molecule has 0 atom stereocenters. The monoisotopic (exact) mass is 210 g/mol. The number of carbonyl (C=O) groups is 1. The molecule has 1 aliphatic heterocycles. The van der Waals surface area contributed by atoms with Gasteiger partial charge in [0.2, 0.25) is 0 Å². The van der Waals surface area contributed by atoms with Gasteiger partial charge in [0.05, 0.1) is 0 Å². The minimum atomic E-state index is -0.963. The lowest BCUT2D eigenvalue weighted by atomic mass is 9.91. The Morgan fingerprint density at radius 3 is 2.80 bits per heavy atom. The summed E-state index contributed by atoms with van der Waals surface area (Å²) in [6, 6.07) is 0. The molecule has 2 rings (SSSR count). The van der Waals surface area contributed by atoms with E-state index >= 15 is 0 Å². The molecular weight excluding hydrogens is 196 g/mol. The number of nitrogen functional groups attached to an aromatic ring is 1. The molecule has 0 amide bonds. The lowest BCUT2D eigenvalue weighted by Gasteiger charge is -2.21. The van der Waals surface area contributed by atoms with Crippen LogP contribution in [0.25, 0.3) is 0 Å². The molecular formula is C10H14N2O3. The molecule has 1 aliphatic rings. The fourth-order valence-electron chi connectivity index (χ4n) is 2.02. The van der Waals surface area contributed by atoms with Crippen LogP contribution in [0.5, 0.6) is 0 Å². The van der Waals surface area contributed by atoms with Crippen molar-refractivity contribution < 1.29 is 14.6 Å². The maximum absolute atomic E-state index is 11.0. The first-order valence-corrected chi connectivity index (χ1v) is 4.98. The van der Waals surface area contributed by atoms with Crippen LogP contribution in [0.4, 0.5) is 5.82 Å². The summed E-state index contributed by atoms with van der Waals surface area (Å²) in [5.41, 5.74) is 6.61. The highest BCUT2D eigenvalue weighted by molar-refractivity contribution is 5.94. The Morgan fingerprint density at radius 2 is 2.20 bits per heavy atom. The summed E-state index contributed by atoms with van der Waals surface area (Å²) in [7, 11) is 0. The van der Waals surface area contributed by atoms with Gasteiger partial charge in [-0.05, 0) is 24.3 Å². The van der Waals surface area contributed by atoms with Gasteiger partial charge in [-0.3, -0.25) is 0 Å². The number of aromatic amines is 1. The van der Waals surface area contributed by atoms with Gasteiger partial charge in [0.25, 0.3) is 0 Å². The highest BCUT2D eigenvalue weighted by Crippen LogP contribution is 2.31. The summed E-state index contributed by atoms with van der Waals surface area (Å²) in [6.07, 6.45) is 3.42. The third kappa shape index (κ3) is 1.83. The number of carboxylic acids is 1. The van der Waals surface area contributed by atoms with Gasteiger partial charge < -0.3 is 20.6 Å². The number of carboxylic acid groups (broad SMARTS) is 1. The third-order valence-corrected chi connectivity index (χ3v) is 2.82. The minimum absolute atomic E-state index is 0.224. The van der Waals surface area contributed by atoms with E-state index in [1.807, 2.05) is 0 Å². The number of aromatic nitrogens is 1. The maximum atomic E-state index is 11.0. The summed E-state index contributed by atoms with van der Waals surface area (Å²) < 4.78 is 5.24. The van der Waals surface area contributed by atoms with E-state index in [4.69, 9.17) is 15.6 Å². The Kier molecular flexibility index (Phi) is 2.64. The van der Waals surface area contributed by atoms with E-state index in [2.05, 4.69) is 4.98 Å². The summed E-state index contributed by atoms with van der Waals surface area (Å²) in [5.74, 6) is -0.474. The van der Waals surface area contributed by atoms with Crippen LogP contribution in [-0.4, -0.2) is 29.3 Å². The van der Waals surface area contributed by atoms with E-state index in [0.29, 0.717) is 13.2 Å². The molecule has 4 N–H and O–H groups in total. The van der Waals surface area contributed by atoms with Crippen molar-refractivity contribution in [1.29, 1.82) is 0 Å². The molecule has 0 unspecified atom stereocenters. The molecule has 1 aromatic heterocycles. The number of nitrogens with two attached hydrogens (primary N) is 1. The first kappa shape index (κ1) is 10.0. The molecule has 1 saturated heterocycles. The predicted octanol–water partition coefficient (Wildman–Crippen LogP) is 1.19. The quantitative estimate of drug-likeness (QED) is 0.684. The van der Waals surface area contributed by atoms with Crippen molar-refractivity contribution >= 4 is 11.8 Å². The Morgan fingerprint density at radius 1 is 1.53 bits per heavy atom. The molecule has 0 aromatic carbocycles. The molecule has 82 valence electrons. The predicted molar refractivity (Wildman–Crippen MR) is 55.0 cm³/mol. The van der Waals surface area contributed by atoms with Crippen LogP contribution in [0.3, 0.4) is 0 Å². The lowest BCUT2D eigenvalue weighted by molar-refractivity contribution is 0.0687. The summed E-state index contributed by atoms with van der Waals surface area (Å²) in [6.45, 7) is 1.38. The van der Waals surface area contributed by atoms with Gasteiger partial charge >= 0.3 is 5.97 Å². The molecule has 0 bridgehead atoms. The first-order chi connectivity index (χ1) is 7.20. The van der Waals surface area contributed by atoms with Crippen LogP contribution in [0.2, 0.25) is 0 Å². The second-order valence-corrected chi connectivity index (χ2v) is 3.72. The van der Waals surface area contributed by atoms with Gasteiger partial charge in [-0.15, -0.1) is 0 Å². The van der Waals surface area contributed by atoms with Gasteiger partial charge in [0, 0.05) is 19.4 Å². The molecule has 0 radical (unpaired) electrons. The fraction of sp³-hybridized carbons (Fsp3) is 0.500. The van der Waals surface area contributed by atoms with Gasteiger partial charge in [-0.1, -0.05) is 0 Å².